The van der Waals surface area contributed by atoms with Crippen LogP contribution < -0.4 is 10.6 Å². The van der Waals surface area contributed by atoms with Crippen LogP contribution in [0.1, 0.15) is 13.8 Å². The molecule has 1 aromatic carbocycles. The van der Waals surface area contributed by atoms with Crippen LogP contribution in [0.2, 0.25) is 0 Å². The molecule has 0 fully saturated rings. The maximum atomic E-state index is 13.3. The van der Waals surface area contributed by atoms with Gasteiger partial charge in [0, 0.05) is 24.8 Å². The average Bonchev–Trinajstić information content (AvgIpc) is 2.41. The molecule has 3 N–H and O–H groups in total. The number of carbonyl (C=O) groups excluding carboxylic acids is 2. The van der Waals surface area contributed by atoms with Crippen LogP contribution in [0, 0.1) is 23.4 Å². The van der Waals surface area contributed by atoms with Crippen molar-refractivity contribution in [1.29, 1.82) is 0 Å². The molecule has 2 atom stereocenters. The Labute approximate surface area is 119 Å². The summed E-state index contributed by atoms with van der Waals surface area (Å²) in [6.45, 7) is 3.00. The number of rotatable bonds is 4. The van der Waals surface area contributed by atoms with Gasteiger partial charge in [0.15, 0.2) is 11.6 Å². The Morgan fingerprint density at radius 3 is 2.14 bits per heavy atom. The van der Waals surface area contributed by atoms with E-state index in [2.05, 4.69) is 5.32 Å². The summed E-state index contributed by atoms with van der Waals surface area (Å²) in [5, 5.41) is 12.9. The summed E-state index contributed by atoms with van der Waals surface area (Å²) in [5.74, 6) is -6.52. The molecule has 0 saturated heterocycles. The molecule has 8 heteroatoms. The molecular formula is C13H15F3N2O3. The van der Waals surface area contributed by atoms with Gasteiger partial charge in [-0.25, -0.2) is 13.2 Å². The maximum absolute atomic E-state index is 13.3. The number of aliphatic hydroxyl groups excluding tert-OH is 1. The van der Waals surface area contributed by atoms with Crippen molar-refractivity contribution in [3.8, 4) is 0 Å². The van der Waals surface area contributed by atoms with E-state index in [1.54, 1.807) is 19.2 Å². The SMILES string of the molecule is CC(CO)C(C)NC(=O)C(=O)Nc1c(F)cc(F)cc1F. The van der Waals surface area contributed by atoms with Gasteiger partial charge in [-0.05, 0) is 12.8 Å². The fourth-order valence-corrected chi connectivity index (χ4v) is 1.40. The lowest BCUT2D eigenvalue weighted by Crippen LogP contribution is -2.44. The summed E-state index contributed by atoms with van der Waals surface area (Å²) >= 11 is 0. The molecule has 5 nitrogen and oxygen atoms in total. The number of carbonyl (C=O) groups is 2. The van der Waals surface area contributed by atoms with Gasteiger partial charge in [-0.1, -0.05) is 6.92 Å². The fraction of sp³-hybridized carbons (Fsp3) is 0.385. The standard InChI is InChI=1S/C13H15F3N2O3/c1-6(5-19)7(2)17-12(20)13(21)18-11-9(15)3-8(14)4-10(11)16/h3-4,6-7,19H,5H2,1-2H3,(H,17,20)(H,18,21). The zero-order valence-corrected chi connectivity index (χ0v) is 11.4. The van der Waals surface area contributed by atoms with Crippen molar-refractivity contribution in [2.75, 3.05) is 11.9 Å². The van der Waals surface area contributed by atoms with Gasteiger partial charge >= 0.3 is 11.8 Å². The minimum absolute atomic E-state index is 0.204. The Balaban J connectivity index is 2.76. The van der Waals surface area contributed by atoms with Gasteiger partial charge in [-0.2, -0.15) is 0 Å². The number of amides is 2. The molecule has 0 aliphatic rings. The zero-order valence-electron chi connectivity index (χ0n) is 11.4. The molecule has 2 amide bonds. The van der Waals surface area contributed by atoms with Crippen molar-refractivity contribution in [2.24, 2.45) is 5.92 Å². The van der Waals surface area contributed by atoms with Gasteiger partial charge < -0.3 is 15.7 Å². The molecule has 1 rings (SSSR count). The van der Waals surface area contributed by atoms with Crippen LogP contribution in [-0.2, 0) is 9.59 Å². The quantitative estimate of drug-likeness (QED) is 0.731. The van der Waals surface area contributed by atoms with E-state index in [-0.39, 0.29) is 12.5 Å². The third-order valence-corrected chi connectivity index (χ3v) is 2.95. The molecule has 2 unspecified atom stereocenters. The molecule has 0 bridgehead atoms. The number of halogens is 3. The largest absolute Gasteiger partial charge is 0.396 e. The van der Waals surface area contributed by atoms with Crippen LogP contribution >= 0.6 is 0 Å². The van der Waals surface area contributed by atoms with Crippen molar-refractivity contribution in [3.05, 3.63) is 29.6 Å². The first-order valence-corrected chi connectivity index (χ1v) is 6.13. The van der Waals surface area contributed by atoms with Crippen molar-refractivity contribution >= 4 is 17.5 Å². The Kier molecular flexibility index (Phi) is 5.71. The number of benzene rings is 1. The van der Waals surface area contributed by atoms with Gasteiger partial charge in [0.05, 0.1) is 0 Å². The van der Waals surface area contributed by atoms with Crippen molar-refractivity contribution in [3.63, 3.8) is 0 Å². The highest BCUT2D eigenvalue weighted by Gasteiger charge is 2.22. The minimum atomic E-state index is -1.33. The first-order chi connectivity index (χ1) is 9.76. The van der Waals surface area contributed by atoms with Crippen molar-refractivity contribution in [1.82, 2.24) is 5.32 Å². The van der Waals surface area contributed by atoms with E-state index in [0.717, 1.165) is 0 Å². The fourth-order valence-electron chi connectivity index (χ4n) is 1.40. The second-order valence-electron chi connectivity index (χ2n) is 4.62. The molecular weight excluding hydrogens is 289 g/mol. The third-order valence-electron chi connectivity index (χ3n) is 2.95. The molecule has 0 aliphatic heterocycles. The van der Waals surface area contributed by atoms with Gasteiger partial charge in [-0.3, -0.25) is 9.59 Å². The van der Waals surface area contributed by atoms with E-state index in [0.29, 0.717) is 12.1 Å². The Morgan fingerprint density at radius 2 is 1.67 bits per heavy atom. The summed E-state index contributed by atoms with van der Waals surface area (Å²) in [5.41, 5.74) is -0.903. The van der Waals surface area contributed by atoms with Crippen LogP contribution in [0.15, 0.2) is 12.1 Å². The summed E-state index contributed by atoms with van der Waals surface area (Å²) < 4.78 is 39.4. The van der Waals surface area contributed by atoms with E-state index in [1.807, 2.05) is 0 Å². The molecule has 0 heterocycles. The number of anilines is 1. The van der Waals surface area contributed by atoms with Crippen molar-refractivity contribution < 1.29 is 27.9 Å². The predicted molar refractivity (Wildman–Crippen MR) is 68.8 cm³/mol. The Hall–Kier alpha value is -2.09. The van der Waals surface area contributed by atoms with E-state index in [1.165, 1.54) is 0 Å². The number of aliphatic hydroxyl groups is 1. The second kappa shape index (κ2) is 7.07. The number of hydrogen-bond donors (Lipinski definition) is 3. The Morgan fingerprint density at radius 1 is 1.14 bits per heavy atom. The summed E-state index contributed by atoms with van der Waals surface area (Å²) in [4.78, 5) is 23.1. The Bertz CT molecular complexity index is 528. The number of nitrogens with one attached hydrogen (secondary N) is 2. The molecule has 1 aromatic rings. The average molecular weight is 304 g/mol. The smallest absolute Gasteiger partial charge is 0.313 e. The maximum Gasteiger partial charge on any atom is 0.313 e. The highest BCUT2D eigenvalue weighted by molar-refractivity contribution is 6.39. The van der Waals surface area contributed by atoms with Crippen LogP contribution in [0.3, 0.4) is 0 Å². The van der Waals surface area contributed by atoms with Crippen LogP contribution in [0.5, 0.6) is 0 Å². The first-order valence-electron chi connectivity index (χ1n) is 6.13. The van der Waals surface area contributed by atoms with Crippen molar-refractivity contribution in [2.45, 2.75) is 19.9 Å². The lowest BCUT2D eigenvalue weighted by atomic mass is 10.1. The lowest BCUT2D eigenvalue weighted by Gasteiger charge is -2.18. The molecule has 0 radical (unpaired) electrons. The highest BCUT2D eigenvalue weighted by atomic mass is 19.1. The van der Waals surface area contributed by atoms with Crippen LogP contribution in [-0.4, -0.2) is 29.6 Å². The van der Waals surface area contributed by atoms with Gasteiger partial charge in [0.2, 0.25) is 0 Å². The van der Waals surface area contributed by atoms with Gasteiger partial charge in [0.1, 0.15) is 11.5 Å². The second-order valence-corrected chi connectivity index (χ2v) is 4.62. The molecule has 116 valence electrons. The summed E-state index contributed by atoms with van der Waals surface area (Å²) in [6, 6.07) is 0.247. The molecule has 0 spiro atoms. The lowest BCUT2D eigenvalue weighted by molar-refractivity contribution is -0.136. The zero-order chi connectivity index (χ0) is 16.2. The van der Waals surface area contributed by atoms with Gasteiger partial charge in [-0.15, -0.1) is 0 Å². The summed E-state index contributed by atoms with van der Waals surface area (Å²) in [6.07, 6.45) is 0. The van der Waals surface area contributed by atoms with E-state index >= 15 is 0 Å². The van der Waals surface area contributed by atoms with E-state index in [4.69, 9.17) is 5.11 Å². The monoisotopic (exact) mass is 304 g/mol. The number of hydrogen-bond acceptors (Lipinski definition) is 3. The normalized spacial score (nSPS) is 13.4. The molecule has 0 aliphatic carbocycles. The van der Waals surface area contributed by atoms with Crippen LogP contribution in [0.4, 0.5) is 18.9 Å². The van der Waals surface area contributed by atoms with E-state index < -0.39 is 41.0 Å². The topological polar surface area (TPSA) is 78.4 Å². The third kappa shape index (κ3) is 4.45. The van der Waals surface area contributed by atoms with E-state index in [9.17, 15) is 22.8 Å². The first kappa shape index (κ1) is 17.0. The van der Waals surface area contributed by atoms with Gasteiger partial charge in [0.25, 0.3) is 0 Å². The molecule has 0 saturated carbocycles. The molecule has 21 heavy (non-hydrogen) atoms. The van der Waals surface area contributed by atoms with Crippen LogP contribution in [0.25, 0.3) is 0 Å². The highest BCUT2D eigenvalue weighted by Crippen LogP contribution is 2.19. The minimum Gasteiger partial charge on any atom is -0.396 e. The summed E-state index contributed by atoms with van der Waals surface area (Å²) in [7, 11) is 0. The predicted octanol–water partition coefficient (Wildman–Crippen LogP) is 1.18. The molecule has 0 aromatic heterocycles.